The van der Waals surface area contributed by atoms with E-state index in [1.165, 1.54) is 0 Å². The summed E-state index contributed by atoms with van der Waals surface area (Å²) in [6.45, 7) is 6.74. The van der Waals surface area contributed by atoms with Crippen molar-refractivity contribution in [3.8, 4) is 0 Å². The van der Waals surface area contributed by atoms with Crippen molar-refractivity contribution in [3.05, 3.63) is 0 Å². The molecular weight excluding hydrogens is 192 g/mol. The van der Waals surface area contributed by atoms with Crippen molar-refractivity contribution in [2.24, 2.45) is 5.92 Å². The van der Waals surface area contributed by atoms with E-state index in [1.54, 1.807) is 4.90 Å². The Balaban J connectivity index is 2.50. The van der Waals surface area contributed by atoms with E-state index < -0.39 is 6.09 Å². The van der Waals surface area contributed by atoms with Crippen LogP contribution in [0.2, 0.25) is 0 Å². The maximum absolute atomic E-state index is 11.1. The molecule has 0 aliphatic carbocycles. The van der Waals surface area contributed by atoms with E-state index in [0.717, 1.165) is 32.4 Å². The Kier molecular flexibility index (Phi) is 4.88. The van der Waals surface area contributed by atoms with Gasteiger partial charge in [-0.2, -0.15) is 0 Å². The zero-order chi connectivity index (χ0) is 11.3. The van der Waals surface area contributed by atoms with Gasteiger partial charge in [-0.15, -0.1) is 0 Å². The van der Waals surface area contributed by atoms with Crippen molar-refractivity contribution >= 4 is 6.09 Å². The predicted molar refractivity (Wildman–Crippen MR) is 60.1 cm³/mol. The Morgan fingerprint density at radius 2 is 2.27 bits per heavy atom. The lowest BCUT2D eigenvalue weighted by Crippen LogP contribution is -2.50. The lowest BCUT2D eigenvalue weighted by atomic mass is 9.96. The number of hydrogen-bond acceptors (Lipinski definition) is 2. The zero-order valence-corrected chi connectivity index (χ0v) is 9.70. The molecule has 4 nitrogen and oxygen atoms in total. The van der Waals surface area contributed by atoms with Gasteiger partial charge in [-0.05, 0) is 25.3 Å². The van der Waals surface area contributed by atoms with Gasteiger partial charge in [0.15, 0.2) is 0 Å². The highest BCUT2D eigenvalue weighted by Gasteiger charge is 2.27. The van der Waals surface area contributed by atoms with Crippen molar-refractivity contribution in [2.75, 3.05) is 19.6 Å². The highest BCUT2D eigenvalue weighted by Crippen LogP contribution is 2.16. The number of nitrogens with one attached hydrogen (secondary N) is 1. The number of amides is 1. The average Bonchev–Trinajstić information content (AvgIpc) is 2.18. The molecule has 0 saturated carbocycles. The topological polar surface area (TPSA) is 52.6 Å². The van der Waals surface area contributed by atoms with Gasteiger partial charge < -0.3 is 15.3 Å². The Hall–Kier alpha value is -0.770. The number of carboxylic acid groups (broad SMARTS) is 1. The molecule has 0 aromatic heterocycles. The van der Waals surface area contributed by atoms with Gasteiger partial charge in [0.1, 0.15) is 0 Å². The van der Waals surface area contributed by atoms with Crippen LogP contribution in [0.5, 0.6) is 0 Å². The van der Waals surface area contributed by atoms with Crippen LogP contribution in [-0.4, -0.2) is 41.8 Å². The Bertz CT molecular complexity index is 209. The summed E-state index contributed by atoms with van der Waals surface area (Å²) >= 11 is 0. The van der Waals surface area contributed by atoms with E-state index in [2.05, 4.69) is 19.2 Å². The highest BCUT2D eigenvalue weighted by molar-refractivity contribution is 5.65. The van der Waals surface area contributed by atoms with Gasteiger partial charge in [-0.25, -0.2) is 4.79 Å². The van der Waals surface area contributed by atoms with Crippen LogP contribution in [0, 0.1) is 5.92 Å². The molecular formula is C11H22N2O2. The van der Waals surface area contributed by atoms with Crippen LogP contribution in [0.1, 0.15) is 33.1 Å². The monoisotopic (exact) mass is 214 g/mol. The fourth-order valence-electron chi connectivity index (χ4n) is 2.13. The molecule has 15 heavy (non-hydrogen) atoms. The maximum atomic E-state index is 11.1. The maximum Gasteiger partial charge on any atom is 0.407 e. The predicted octanol–water partition coefficient (Wildman–Crippen LogP) is 1.76. The molecule has 0 aromatic rings. The first-order chi connectivity index (χ1) is 7.15. The van der Waals surface area contributed by atoms with Gasteiger partial charge in [0, 0.05) is 19.1 Å². The van der Waals surface area contributed by atoms with Crippen molar-refractivity contribution in [2.45, 2.75) is 39.2 Å². The molecule has 1 heterocycles. The molecule has 0 aromatic carbocycles. The quantitative estimate of drug-likeness (QED) is 0.750. The molecule has 0 spiro atoms. The molecule has 2 unspecified atom stereocenters. The van der Waals surface area contributed by atoms with E-state index in [-0.39, 0.29) is 6.04 Å². The van der Waals surface area contributed by atoms with E-state index in [1.807, 2.05) is 0 Å². The second kappa shape index (κ2) is 5.95. The molecule has 2 atom stereocenters. The highest BCUT2D eigenvalue weighted by atomic mass is 16.4. The standard InChI is InChI=1S/C11H22N2O2/c1-3-4-5-13(11(14)15)10-6-9(2)7-12-8-10/h9-10,12H,3-8H2,1-2H3,(H,14,15). The van der Waals surface area contributed by atoms with Crippen molar-refractivity contribution < 1.29 is 9.90 Å². The summed E-state index contributed by atoms with van der Waals surface area (Å²) in [4.78, 5) is 12.7. The van der Waals surface area contributed by atoms with E-state index in [0.29, 0.717) is 12.5 Å². The number of carbonyl (C=O) groups is 1. The third-order valence-electron chi connectivity index (χ3n) is 2.99. The largest absolute Gasteiger partial charge is 0.465 e. The molecule has 0 radical (unpaired) electrons. The third-order valence-corrected chi connectivity index (χ3v) is 2.99. The van der Waals surface area contributed by atoms with Crippen LogP contribution in [-0.2, 0) is 0 Å². The van der Waals surface area contributed by atoms with E-state index >= 15 is 0 Å². The van der Waals surface area contributed by atoms with Crippen LogP contribution in [0.4, 0.5) is 4.79 Å². The second-order valence-electron chi connectivity index (χ2n) is 4.48. The number of piperidine rings is 1. The Labute approximate surface area is 91.6 Å². The van der Waals surface area contributed by atoms with Gasteiger partial charge in [-0.3, -0.25) is 0 Å². The van der Waals surface area contributed by atoms with Gasteiger partial charge in [0.05, 0.1) is 0 Å². The van der Waals surface area contributed by atoms with Gasteiger partial charge in [0.25, 0.3) is 0 Å². The van der Waals surface area contributed by atoms with Crippen molar-refractivity contribution in [1.29, 1.82) is 0 Å². The summed E-state index contributed by atoms with van der Waals surface area (Å²) in [5.74, 6) is 0.576. The third kappa shape index (κ3) is 3.70. The fraction of sp³-hybridized carbons (Fsp3) is 0.909. The Morgan fingerprint density at radius 1 is 1.53 bits per heavy atom. The van der Waals surface area contributed by atoms with Gasteiger partial charge in [-0.1, -0.05) is 20.3 Å². The molecule has 1 amide bonds. The first-order valence-corrected chi connectivity index (χ1v) is 5.85. The smallest absolute Gasteiger partial charge is 0.407 e. The molecule has 88 valence electrons. The zero-order valence-electron chi connectivity index (χ0n) is 9.70. The number of hydrogen-bond donors (Lipinski definition) is 2. The minimum atomic E-state index is -0.774. The normalized spacial score (nSPS) is 26.3. The van der Waals surface area contributed by atoms with Crippen molar-refractivity contribution in [3.63, 3.8) is 0 Å². The average molecular weight is 214 g/mol. The fourth-order valence-corrected chi connectivity index (χ4v) is 2.13. The first kappa shape index (κ1) is 12.3. The molecule has 1 fully saturated rings. The van der Waals surface area contributed by atoms with Crippen LogP contribution in [0.3, 0.4) is 0 Å². The van der Waals surface area contributed by atoms with Crippen LogP contribution in [0.15, 0.2) is 0 Å². The molecule has 2 N–H and O–H groups in total. The minimum Gasteiger partial charge on any atom is -0.465 e. The summed E-state index contributed by atoms with van der Waals surface area (Å²) in [6.07, 6.45) is 2.21. The molecule has 1 rings (SSSR count). The number of rotatable bonds is 4. The van der Waals surface area contributed by atoms with Crippen molar-refractivity contribution in [1.82, 2.24) is 10.2 Å². The summed E-state index contributed by atoms with van der Waals surface area (Å²) in [6, 6.07) is 0.165. The van der Waals surface area contributed by atoms with E-state index in [9.17, 15) is 4.79 Å². The summed E-state index contributed by atoms with van der Waals surface area (Å²) < 4.78 is 0. The summed E-state index contributed by atoms with van der Waals surface area (Å²) in [5.41, 5.74) is 0. The van der Waals surface area contributed by atoms with Crippen LogP contribution < -0.4 is 5.32 Å². The van der Waals surface area contributed by atoms with Gasteiger partial charge >= 0.3 is 6.09 Å². The SMILES string of the molecule is CCCCN(C(=O)O)C1CNCC(C)C1. The molecule has 4 heteroatoms. The number of nitrogens with zero attached hydrogens (tertiary/aromatic N) is 1. The summed E-state index contributed by atoms with van der Waals surface area (Å²) in [5, 5.41) is 12.4. The second-order valence-corrected chi connectivity index (χ2v) is 4.48. The van der Waals surface area contributed by atoms with Gasteiger partial charge in [0.2, 0.25) is 0 Å². The first-order valence-electron chi connectivity index (χ1n) is 5.85. The number of unbranched alkanes of at least 4 members (excludes halogenated alkanes) is 1. The molecule has 1 aliphatic rings. The lowest BCUT2D eigenvalue weighted by Gasteiger charge is -2.35. The Morgan fingerprint density at radius 3 is 2.80 bits per heavy atom. The van der Waals surface area contributed by atoms with Crippen LogP contribution >= 0.6 is 0 Å². The molecule has 0 bridgehead atoms. The van der Waals surface area contributed by atoms with Crippen LogP contribution in [0.25, 0.3) is 0 Å². The summed E-state index contributed by atoms with van der Waals surface area (Å²) in [7, 11) is 0. The van der Waals surface area contributed by atoms with E-state index in [4.69, 9.17) is 5.11 Å². The lowest BCUT2D eigenvalue weighted by molar-refractivity contribution is 0.107. The molecule has 1 saturated heterocycles. The minimum absolute atomic E-state index is 0.165. The molecule has 1 aliphatic heterocycles.